The zero-order valence-electron chi connectivity index (χ0n) is 12.5. The Balaban J connectivity index is 1.70. The second-order valence-corrected chi connectivity index (χ2v) is 6.38. The van der Waals surface area contributed by atoms with Gasteiger partial charge in [-0.3, -0.25) is 0 Å². The molecule has 5 nitrogen and oxygen atoms in total. The summed E-state index contributed by atoms with van der Waals surface area (Å²) in [5.41, 5.74) is 7.98. The van der Waals surface area contributed by atoms with E-state index in [1.165, 1.54) is 5.57 Å². The van der Waals surface area contributed by atoms with Crippen LogP contribution in [0.25, 0.3) is 16.2 Å². The van der Waals surface area contributed by atoms with Crippen LogP contribution in [0.2, 0.25) is 0 Å². The second-order valence-electron chi connectivity index (χ2n) is 5.43. The maximum Gasteiger partial charge on any atom is 0.177 e. The first-order chi connectivity index (χ1) is 11.3. The van der Waals surface area contributed by atoms with Gasteiger partial charge in [0, 0.05) is 6.42 Å². The Labute approximate surface area is 137 Å². The molecule has 0 bridgehead atoms. The Hall–Kier alpha value is -2.57. The van der Waals surface area contributed by atoms with Gasteiger partial charge < -0.3 is 5.73 Å². The topological polar surface area (TPSA) is 70.7 Å². The molecule has 0 aromatic carbocycles. The first-order valence-electron chi connectivity index (χ1n) is 7.43. The monoisotopic (exact) mass is 322 g/mol. The Bertz CT molecular complexity index is 931. The number of hydrogen-bond donors (Lipinski definition) is 1. The number of thiophene rings is 1. The van der Waals surface area contributed by atoms with E-state index in [1.54, 1.807) is 11.3 Å². The van der Waals surface area contributed by atoms with Crippen LogP contribution in [0.5, 0.6) is 0 Å². The van der Waals surface area contributed by atoms with Gasteiger partial charge in [-0.15, -0.1) is 21.5 Å². The molecule has 4 rings (SSSR count). The highest BCUT2D eigenvalue weighted by molar-refractivity contribution is 7.13. The van der Waals surface area contributed by atoms with Crippen LogP contribution in [0.3, 0.4) is 0 Å². The molecule has 0 saturated heterocycles. The summed E-state index contributed by atoms with van der Waals surface area (Å²) in [6.07, 6.45) is 9.95. The van der Waals surface area contributed by atoms with E-state index >= 15 is 0 Å². The molecule has 0 saturated carbocycles. The van der Waals surface area contributed by atoms with Crippen molar-refractivity contribution in [2.24, 2.45) is 0 Å². The van der Waals surface area contributed by atoms with Crippen LogP contribution in [0.1, 0.15) is 12.2 Å². The van der Waals surface area contributed by atoms with E-state index < -0.39 is 0 Å². The van der Waals surface area contributed by atoms with Gasteiger partial charge in [-0.1, -0.05) is 23.8 Å². The molecular formula is C17H16N5S+. The van der Waals surface area contributed by atoms with Gasteiger partial charge in [0.15, 0.2) is 11.5 Å². The lowest BCUT2D eigenvalue weighted by molar-refractivity contribution is -0.294. The molecule has 0 atom stereocenters. The second kappa shape index (κ2) is 5.91. The van der Waals surface area contributed by atoms with Crippen molar-refractivity contribution in [1.29, 1.82) is 0 Å². The molecule has 3 N–H and O–H groups in total. The molecule has 114 valence electrons. The Kier molecular flexibility index (Phi) is 3.61. The van der Waals surface area contributed by atoms with Gasteiger partial charge in [-0.05, 0) is 42.2 Å². The number of hydrogen-bond acceptors (Lipinski definition) is 4. The van der Waals surface area contributed by atoms with Crippen LogP contribution in [-0.2, 0) is 6.42 Å². The SMILES string of the molecule is [NH3+]C1=CC=C(Cc2nnc3ccc(-c4cccs4)nn23)CC=C1. The number of fused-ring (bicyclic) bond motifs is 1. The van der Waals surface area contributed by atoms with Gasteiger partial charge in [0.05, 0.1) is 4.88 Å². The first-order valence-corrected chi connectivity index (χ1v) is 8.31. The molecule has 3 aromatic heterocycles. The van der Waals surface area contributed by atoms with E-state index in [1.807, 2.05) is 34.9 Å². The average molecular weight is 322 g/mol. The van der Waals surface area contributed by atoms with E-state index in [0.717, 1.165) is 40.6 Å². The van der Waals surface area contributed by atoms with Gasteiger partial charge in [0.1, 0.15) is 11.4 Å². The first kappa shape index (κ1) is 14.0. The van der Waals surface area contributed by atoms with Crippen molar-refractivity contribution in [2.45, 2.75) is 12.8 Å². The lowest BCUT2D eigenvalue weighted by Crippen LogP contribution is -2.46. The van der Waals surface area contributed by atoms with E-state index in [0.29, 0.717) is 0 Å². The highest BCUT2D eigenvalue weighted by atomic mass is 32.1. The van der Waals surface area contributed by atoms with Crippen molar-refractivity contribution in [3.8, 4) is 10.6 Å². The van der Waals surface area contributed by atoms with Gasteiger partial charge in [0.2, 0.25) is 0 Å². The van der Waals surface area contributed by atoms with E-state index in [4.69, 9.17) is 5.10 Å². The number of nitrogens with zero attached hydrogens (tertiary/aromatic N) is 4. The smallest absolute Gasteiger partial charge is 0.177 e. The van der Waals surface area contributed by atoms with Crippen molar-refractivity contribution in [3.05, 3.63) is 71.0 Å². The van der Waals surface area contributed by atoms with Crippen LogP contribution in [-0.4, -0.2) is 19.8 Å². The summed E-state index contributed by atoms with van der Waals surface area (Å²) in [6, 6.07) is 8.06. The van der Waals surface area contributed by atoms with Crippen molar-refractivity contribution in [3.63, 3.8) is 0 Å². The van der Waals surface area contributed by atoms with E-state index in [9.17, 15) is 0 Å². The largest absolute Gasteiger partial charge is 0.325 e. The third-order valence-electron chi connectivity index (χ3n) is 3.73. The van der Waals surface area contributed by atoms with Gasteiger partial charge >= 0.3 is 0 Å². The zero-order valence-corrected chi connectivity index (χ0v) is 13.3. The summed E-state index contributed by atoms with van der Waals surface area (Å²) in [5, 5.41) is 15.3. The van der Waals surface area contributed by atoms with Crippen LogP contribution in [0, 0.1) is 0 Å². The maximum atomic E-state index is 4.71. The summed E-state index contributed by atoms with van der Waals surface area (Å²) >= 11 is 1.68. The predicted octanol–water partition coefficient (Wildman–Crippen LogP) is 2.41. The molecule has 1 aliphatic rings. The maximum absolute atomic E-state index is 4.71. The Morgan fingerprint density at radius 3 is 3.00 bits per heavy atom. The van der Waals surface area contributed by atoms with Crippen LogP contribution in [0.15, 0.2) is 65.2 Å². The quantitative estimate of drug-likeness (QED) is 0.805. The summed E-state index contributed by atoms with van der Waals surface area (Å²) in [6.45, 7) is 0. The zero-order chi connectivity index (χ0) is 15.6. The Morgan fingerprint density at radius 1 is 1.17 bits per heavy atom. The highest BCUT2D eigenvalue weighted by Gasteiger charge is 2.11. The van der Waals surface area contributed by atoms with E-state index in [-0.39, 0.29) is 0 Å². The minimum atomic E-state index is 0.732. The van der Waals surface area contributed by atoms with Crippen LogP contribution in [0.4, 0.5) is 0 Å². The Morgan fingerprint density at radius 2 is 2.13 bits per heavy atom. The predicted molar refractivity (Wildman–Crippen MR) is 90.6 cm³/mol. The minimum absolute atomic E-state index is 0.732. The molecule has 3 heterocycles. The van der Waals surface area contributed by atoms with Crippen LogP contribution < -0.4 is 5.73 Å². The summed E-state index contributed by atoms with van der Waals surface area (Å²) in [4.78, 5) is 1.15. The lowest BCUT2D eigenvalue weighted by Gasteiger charge is -2.03. The molecule has 0 radical (unpaired) electrons. The number of allylic oxidation sites excluding steroid dienone is 5. The molecule has 3 aromatic rings. The van der Waals surface area contributed by atoms with Gasteiger partial charge in [-0.25, -0.2) is 0 Å². The lowest BCUT2D eigenvalue weighted by atomic mass is 10.1. The number of quaternary nitrogens is 1. The molecule has 0 unspecified atom stereocenters. The number of rotatable bonds is 3. The molecule has 0 fully saturated rings. The molecule has 23 heavy (non-hydrogen) atoms. The van der Waals surface area contributed by atoms with Gasteiger partial charge in [-0.2, -0.15) is 9.61 Å². The molecular weight excluding hydrogens is 306 g/mol. The van der Waals surface area contributed by atoms with Crippen molar-refractivity contribution >= 4 is 17.0 Å². The standard InChI is InChI=1S/C17H15N5S/c18-13-4-1-3-12(6-7-13)11-17-20-19-16-9-8-14(21-22(16)17)15-5-2-10-23-15/h1-2,4-10H,3,11,18H2/p+1. The normalized spacial score (nSPS) is 14.7. The summed E-state index contributed by atoms with van der Waals surface area (Å²) < 4.78 is 1.85. The van der Waals surface area contributed by atoms with Crippen molar-refractivity contribution in [1.82, 2.24) is 19.8 Å². The third kappa shape index (κ3) is 2.86. The van der Waals surface area contributed by atoms with Crippen molar-refractivity contribution in [2.75, 3.05) is 0 Å². The highest BCUT2D eigenvalue weighted by Crippen LogP contribution is 2.23. The fourth-order valence-corrected chi connectivity index (χ4v) is 3.23. The van der Waals surface area contributed by atoms with Crippen LogP contribution >= 0.6 is 11.3 Å². The average Bonchev–Trinajstić information content (AvgIpc) is 3.17. The van der Waals surface area contributed by atoms with E-state index in [2.05, 4.69) is 39.5 Å². The van der Waals surface area contributed by atoms with Crippen molar-refractivity contribution < 1.29 is 5.73 Å². The summed E-state index contributed by atoms with van der Waals surface area (Å²) in [7, 11) is 0. The minimum Gasteiger partial charge on any atom is -0.325 e. The fraction of sp³-hybridized carbons (Fsp3) is 0.118. The molecule has 1 aliphatic carbocycles. The van der Waals surface area contributed by atoms with Gasteiger partial charge in [0.25, 0.3) is 0 Å². The number of aromatic nitrogens is 4. The molecule has 0 amide bonds. The molecule has 0 aliphatic heterocycles. The fourth-order valence-electron chi connectivity index (χ4n) is 2.54. The molecule has 6 heteroatoms. The molecule has 0 spiro atoms. The summed E-state index contributed by atoms with van der Waals surface area (Å²) in [5.74, 6) is 0.860. The third-order valence-corrected chi connectivity index (χ3v) is 4.62.